The third-order valence-corrected chi connectivity index (χ3v) is 10.3. The minimum atomic E-state index is -4.20. The maximum absolute atomic E-state index is 14.3. The molecule has 11 heteroatoms. The lowest BCUT2D eigenvalue weighted by Gasteiger charge is -2.34. The molecule has 0 heterocycles. The molecule has 4 rings (SSSR count). The Morgan fingerprint density at radius 2 is 1.55 bits per heavy atom. The summed E-state index contributed by atoms with van der Waals surface area (Å²) in [5.74, 6) is -0.312. The molecule has 1 aliphatic carbocycles. The molecule has 0 bridgehead atoms. The van der Waals surface area contributed by atoms with Gasteiger partial charge >= 0.3 is 0 Å². The van der Waals surface area contributed by atoms with Crippen molar-refractivity contribution < 1.29 is 22.7 Å². The number of anilines is 1. The van der Waals surface area contributed by atoms with Crippen molar-refractivity contribution in [2.75, 3.05) is 17.5 Å². The van der Waals surface area contributed by atoms with Gasteiger partial charge in [0.05, 0.1) is 17.2 Å². The molecular weight excluding hydrogens is 621 g/mol. The average Bonchev–Trinajstić information content (AvgIpc) is 3.02. The molecule has 1 fully saturated rings. The third-order valence-electron chi connectivity index (χ3n) is 7.77. The Bertz CT molecular complexity index is 1490. The third kappa shape index (κ3) is 8.25. The summed E-state index contributed by atoms with van der Waals surface area (Å²) in [6.07, 6.45) is 5.29. The standard InChI is InChI=1S/C33H39Cl2N3O5S/c1-3-31(33(40)36-24-12-7-5-8-13-24)37(22-28-29(34)16-11-17-30(28)35)32(39)23-38(25-14-9-6-10-15-25)44(41,42)27-20-18-26(19-21-27)43-4-2/h6,9-11,14-21,24,31H,3-5,7-8,12-13,22-23H2,1-2H3,(H,36,40)/t31-/m1/s1. The number of sulfonamides is 1. The molecule has 0 aromatic heterocycles. The first-order chi connectivity index (χ1) is 21.1. The zero-order chi connectivity index (χ0) is 31.7. The maximum atomic E-state index is 14.3. The monoisotopic (exact) mass is 659 g/mol. The lowest BCUT2D eigenvalue weighted by Crippen LogP contribution is -2.54. The molecular formula is C33H39Cl2N3O5S. The highest BCUT2D eigenvalue weighted by atomic mass is 35.5. The zero-order valence-electron chi connectivity index (χ0n) is 25.0. The van der Waals surface area contributed by atoms with E-state index in [2.05, 4.69) is 5.32 Å². The van der Waals surface area contributed by atoms with Crippen LogP contribution in [0.2, 0.25) is 10.0 Å². The Kier molecular flexibility index (Phi) is 11.9. The summed E-state index contributed by atoms with van der Waals surface area (Å²) in [7, 11) is -4.20. The molecule has 0 saturated heterocycles. The quantitative estimate of drug-likeness (QED) is 0.217. The van der Waals surface area contributed by atoms with E-state index in [-0.39, 0.29) is 23.4 Å². The Balaban J connectivity index is 1.71. The first-order valence-corrected chi connectivity index (χ1v) is 17.2. The van der Waals surface area contributed by atoms with Gasteiger partial charge in [0.15, 0.2) is 0 Å². The van der Waals surface area contributed by atoms with E-state index in [0.717, 1.165) is 36.4 Å². The van der Waals surface area contributed by atoms with Crippen LogP contribution in [0.25, 0.3) is 0 Å². The molecule has 44 heavy (non-hydrogen) atoms. The molecule has 2 amide bonds. The maximum Gasteiger partial charge on any atom is 0.264 e. The molecule has 1 aliphatic rings. The number of carbonyl (C=O) groups excluding carboxylic acids is 2. The van der Waals surface area contributed by atoms with E-state index in [0.29, 0.717) is 40.1 Å². The first kappa shape index (κ1) is 33.6. The molecule has 3 aromatic carbocycles. The fraction of sp³-hybridized carbons (Fsp3) is 0.394. The van der Waals surface area contributed by atoms with Crippen LogP contribution >= 0.6 is 23.2 Å². The highest BCUT2D eigenvalue weighted by Gasteiger charge is 2.35. The first-order valence-electron chi connectivity index (χ1n) is 15.0. The van der Waals surface area contributed by atoms with Gasteiger partial charge in [0.25, 0.3) is 10.0 Å². The lowest BCUT2D eigenvalue weighted by atomic mass is 9.95. The van der Waals surface area contributed by atoms with Gasteiger partial charge in [-0.15, -0.1) is 0 Å². The number of ether oxygens (including phenoxy) is 1. The summed E-state index contributed by atoms with van der Waals surface area (Å²) in [5.41, 5.74) is 0.791. The highest BCUT2D eigenvalue weighted by Crippen LogP contribution is 2.29. The van der Waals surface area contributed by atoms with Crippen molar-refractivity contribution in [2.24, 2.45) is 0 Å². The SMILES string of the molecule is CCOc1ccc(S(=O)(=O)N(CC(=O)N(Cc2c(Cl)cccc2Cl)[C@H](CC)C(=O)NC2CCCCC2)c2ccccc2)cc1. The van der Waals surface area contributed by atoms with Gasteiger partial charge in [-0.25, -0.2) is 8.42 Å². The summed E-state index contributed by atoms with van der Waals surface area (Å²) in [6, 6.07) is 18.7. The molecule has 1 saturated carbocycles. The number of para-hydroxylation sites is 1. The van der Waals surface area contributed by atoms with Crippen LogP contribution in [0.4, 0.5) is 5.69 Å². The number of nitrogens with zero attached hydrogens (tertiary/aromatic N) is 2. The molecule has 3 aromatic rings. The largest absolute Gasteiger partial charge is 0.494 e. The fourth-order valence-electron chi connectivity index (χ4n) is 5.44. The Hall–Kier alpha value is -3.27. The number of amides is 2. The summed E-state index contributed by atoms with van der Waals surface area (Å²) in [6.45, 7) is 3.49. The smallest absolute Gasteiger partial charge is 0.264 e. The summed E-state index contributed by atoms with van der Waals surface area (Å²) in [4.78, 5) is 29.4. The number of carbonyl (C=O) groups is 2. The molecule has 0 aliphatic heterocycles. The van der Waals surface area contributed by atoms with Crippen LogP contribution in [0.3, 0.4) is 0 Å². The van der Waals surface area contributed by atoms with Crippen LogP contribution in [0.1, 0.15) is 57.9 Å². The van der Waals surface area contributed by atoms with Gasteiger partial charge in [0, 0.05) is 28.2 Å². The number of hydrogen-bond acceptors (Lipinski definition) is 5. The van der Waals surface area contributed by atoms with E-state index in [9.17, 15) is 18.0 Å². The number of rotatable bonds is 13. The van der Waals surface area contributed by atoms with Crippen molar-refractivity contribution in [3.63, 3.8) is 0 Å². The van der Waals surface area contributed by atoms with Crippen molar-refractivity contribution in [1.29, 1.82) is 0 Å². The summed E-state index contributed by atoms with van der Waals surface area (Å²) < 4.78 is 34.7. The zero-order valence-corrected chi connectivity index (χ0v) is 27.4. The van der Waals surface area contributed by atoms with Crippen molar-refractivity contribution in [3.8, 4) is 5.75 Å². The predicted octanol–water partition coefficient (Wildman–Crippen LogP) is 6.84. The van der Waals surface area contributed by atoms with E-state index in [1.165, 1.54) is 17.0 Å². The Morgan fingerprint density at radius 1 is 0.909 bits per heavy atom. The second kappa shape index (κ2) is 15.6. The number of hydrogen-bond donors (Lipinski definition) is 1. The molecule has 1 N–H and O–H groups in total. The van der Waals surface area contributed by atoms with Gasteiger partial charge in [0.1, 0.15) is 18.3 Å². The van der Waals surface area contributed by atoms with Gasteiger partial charge < -0.3 is 15.0 Å². The fourth-order valence-corrected chi connectivity index (χ4v) is 7.37. The molecule has 0 radical (unpaired) electrons. The molecule has 1 atom stereocenters. The normalized spacial score (nSPS) is 14.5. The van der Waals surface area contributed by atoms with E-state index < -0.39 is 28.5 Å². The summed E-state index contributed by atoms with van der Waals surface area (Å²) >= 11 is 13.0. The average molecular weight is 661 g/mol. The lowest BCUT2D eigenvalue weighted by molar-refractivity contribution is -0.140. The van der Waals surface area contributed by atoms with Gasteiger partial charge in [-0.05, 0) is 74.7 Å². The second-order valence-electron chi connectivity index (χ2n) is 10.7. The van der Waals surface area contributed by atoms with Gasteiger partial charge in [-0.2, -0.15) is 0 Å². The van der Waals surface area contributed by atoms with Crippen LogP contribution in [-0.2, 0) is 26.2 Å². The predicted molar refractivity (Wildman–Crippen MR) is 175 cm³/mol. The number of halogens is 2. The highest BCUT2D eigenvalue weighted by molar-refractivity contribution is 7.92. The Morgan fingerprint density at radius 3 is 2.14 bits per heavy atom. The van der Waals surface area contributed by atoms with Crippen molar-refractivity contribution >= 4 is 50.7 Å². The van der Waals surface area contributed by atoms with Crippen molar-refractivity contribution in [3.05, 3.63) is 88.4 Å². The van der Waals surface area contributed by atoms with Crippen molar-refractivity contribution in [1.82, 2.24) is 10.2 Å². The second-order valence-corrected chi connectivity index (χ2v) is 13.4. The Labute approximate surface area is 270 Å². The van der Waals surface area contributed by atoms with Gasteiger partial charge in [0.2, 0.25) is 11.8 Å². The molecule has 0 spiro atoms. The van der Waals surface area contributed by atoms with Crippen LogP contribution in [0, 0.1) is 0 Å². The van der Waals surface area contributed by atoms with E-state index in [4.69, 9.17) is 27.9 Å². The minimum Gasteiger partial charge on any atom is -0.494 e. The van der Waals surface area contributed by atoms with Crippen LogP contribution in [-0.4, -0.2) is 50.4 Å². The molecule has 236 valence electrons. The number of benzene rings is 3. The topological polar surface area (TPSA) is 96.0 Å². The number of nitrogens with one attached hydrogen (secondary N) is 1. The van der Waals surface area contributed by atoms with Gasteiger partial charge in [-0.1, -0.05) is 73.7 Å². The van der Waals surface area contributed by atoms with E-state index >= 15 is 0 Å². The van der Waals surface area contributed by atoms with E-state index in [1.807, 2.05) is 13.8 Å². The van der Waals surface area contributed by atoms with Gasteiger partial charge in [-0.3, -0.25) is 13.9 Å². The van der Waals surface area contributed by atoms with Crippen LogP contribution < -0.4 is 14.4 Å². The van der Waals surface area contributed by atoms with Crippen LogP contribution in [0.15, 0.2) is 77.7 Å². The molecule has 8 nitrogen and oxygen atoms in total. The minimum absolute atomic E-state index is 0.000359. The van der Waals surface area contributed by atoms with Crippen molar-refractivity contribution in [2.45, 2.75) is 75.9 Å². The van der Waals surface area contributed by atoms with E-state index in [1.54, 1.807) is 60.7 Å². The van der Waals surface area contributed by atoms with Crippen LogP contribution in [0.5, 0.6) is 5.75 Å². The summed E-state index contributed by atoms with van der Waals surface area (Å²) in [5, 5.41) is 3.83. The molecule has 0 unspecified atom stereocenters.